The molecule has 7 nitrogen and oxygen atoms in total. The Morgan fingerprint density at radius 2 is 1.32 bits per heavy atom. The van der Waals surface area contributed by atoms with Crippen LogP contribution >= 0.6 is 0 Å². The van der Waals surface area contributed by atoms with Gasteiger partial charge in [-0.15, -0.1) is 10.2 Å². The second-order valence-electron chi connectivity index (χ2n) is 7.42. The number of hydrogen-bond donors (Lipinski definition) is 0. The van der Waals surface area contributed by atoms with Gasteiger partial charge in [0.05, 0.1) is 16.7 Å². The molecule has 4 aromatic carbocycles. The van der Waals surface area contributed by atoms with Crippen molar-refractivity contribution in [2.45, 2.75) is 0 Å². The normalized spacial score (nSPS) is 11.9. The van der Waals surface area contributed by atoms with Crippen LogP contribution in [0.4, 0.5) is 0 Å². The van der Waals surface area contributed by atoms with Crippen molar-refractivity contribution < 1.29 is 4.42 Å². The summed E-state index contributed by atoms with van der Waals surface area (Å²) in [4.78, 5) is 0. The molecule has 0 N–H and O–H groups in total. The highest BCUT2D eigenvalue weighted by atomic mass is 16.3. The summed E-state index contributed by atoms with van der Waals surface area (Å²) in [5, 5.41) is 19.3. The highest BCUT2D eigenvalue weighted by molar-refractivity contribution is 6.08. The fraction of sp³-hybridized carbons (Fsp3) is 0. The molecule has 0 unspecified atom stereocenters. The molecule has 0 aliphatic heterocycles. The van der Waals surface area contributed by atoms with Gasteiger partial charge in [-0.3, -0.25) is 0 Å². The monoisotopic (exact) mass is 402 g/mol. The fourth-order valence-electron chi connectivity index (χ4n) is 4.18. The number of aromatic nitrogens is 6. The third-order valence-corrected chi connectivity index (χ3v) is 5.64. The van der Waals surface area contributed by atoms with Crippen molar-refractivity contribution in [1.82, 2.24) is 30.0 Å². The van der Waals surface area contributed by atoms with Gasteiger partial charge in [0.1, 0.15) is 22.3 Å². The van der Waals surface area contributed by atoms with Gasteiger partial charge in [0.25, 0.3) is 0 Å². The van der Waals surface area contributed by atoms with E-state index >= 15 is 0 Å². The standard InChI is InChI=1S/C24H14N6O/c1-3-9-20-18(7-1)25-27-29(20)15-12-13-23-17(14-15)16-6-5-11-22(24(16)31-23)30-21-10-4-2-8-19(21)26-28-30/h1-14H. The molecule has 7 rings (SSSR count). The second kappa shape index (κ2) is 5.99. The van der Waals surface area contributed by atoms with Crippen LogP contribution < -0.4 is 0 Å². The molecule has 0 atom stereocenters. The minimum Gasteiger partial charge on any atom is -0.454 e. The van der Waals surface area contributed by atoms with E-state index < -0.39 is 0 Å². The van der Waals surface area contributed by atoms with E-state index in [-0.39, 0.29) is 0 Å². The molecule has 0 saturated heterocycles. The largest absolute Gasteiger partial charge is 0.454 e. The van der Waals surface area contributed by atoms with Crippen molar-refractivity contribution in [3.8, 4) is 11.4 Å². The first kappa shape index (κ1) is 16.3. The van der Waals surface area contributed by atoms with Crippen LogP contribution in [0.25, 0.3) is 55.4 Å². The van der Waals surface area contributed by atoms with Crippen LogP contribution in [0, 0.1) is 0 Å². The lowest BCUT2D eigenvalue weighted by molar-refractivity contribution is 0.661. The molecule has 0 saturated carbocycles. The zero-order chi connectivity index (χ0) is 20.4. The van der Waals surface area contributed by atoms with Crippen LogP contribution in [0.3, 0.4) is 0 Å². The molecular weight excluding hydrogens is 388 g/mol. The maximum absolute atomic E-state index is 6.28. The summed E-state index contributed by atoms with van der Waals surface area (Å²) in [5.41, 5.74) is 6.97. The number of furan rings is 1. The van der Waals surface area contributed by atoms with Crippen molar-refractivity contribution in [3.05, 3.63) is 84.9 Å². The molecule has 7 aromatic rings. The molecule has 31 heavy (non-hydrogen) atoms. The van der Waals surface area contributed by atoms with Gasteiger partial charge >= 0.3 is 0 Å². The Hall–Kier alpha value is -4.52. The minimum atomic E-state index is 0.772. The number of nitrogens with zero attached hydrogens (tertiary/aromatic N) is 6. The Labute approximate surface area is 175 Å². The van der Waals surface area contributed by atoms with Crippen LogP contribution in [-0.4, -0.2) is 30.0 Å². The molecule has 0 radical (unpaired) electrons. The van der Waals surface area contributed by atoms with Crippen molar-refractivity contribution >= 4 is 44.0 Å². The van der Waals surface area contributed by atoms with Gasteiger partial charge in [0.2, 0.25) is 0 Å². The summed E-state index contributed by atoms with van der Waals surface area (Å²) >= 11 is 0. The summed E-state index contributed by atoms with van der Waals surface area (Å²) in [6, 6.07) is 28.0. The quantitative estimate of drug-likeness (QED) is 0.404. The molecule has 146 valence electrons. The van der Waals surface area contributed by atoms with E-state index in [9.17, 15) is 0 Å². The van der Waals surface area contributed by atoms with Crippen molar-refractivity contribution in [3.63, 3.8) is 0 Å². The maximum Gasteiger partial charge on any atom is 0.161 e. The highest BCUT2D eigenvalue weighted by Gasteiger charge is 2.16. The Morgan fingerprint density at radius 1 is 0.613 bits per heavy atom. The van der Waals surface area contributed by atoms with Crippen molar-refractivity contribution in [2.24, 2.45) is 0 Å². The number of benzene rings is 4. The van der Waals surface area contributed by atoms with Crippen LogP contribution in [0.15, 0.2) is 89.3 Å². The number of rotatable bonds is 2. The Balaban J connectivity index is 1.48. The number of fused-ring (bicyclic) bond motifs is 5. The topological polar surface area (TPSA) is 74.6 Å². The van der Waals surface area contributed by atoms with Gasteiger partial charge in [0.15, 0.2) is 5.58 Å². The molecule has 3 heterocycles. The molecule has 3 aromatic heterocycles. The molecule has 0 aliphatic carbocycles. The van der Waals surface area contributed by atoms with Gasteiger partial charge in [-0.25, -0.2) is 9.36 Å². The molecule has 0 bridgehead atoms. The van der Waals surface area contributed by atoms with Crippen molar-refractivity contribution in [2.75, 3.05) is 0 Å². The van der Waals surface area contributed by atoms with Crippen LogP contribution in [0.5, 0.6) is 0 Å². The van der Waals surface area contributed by atoms with Gasteiger partial charge < -0.3 is 4.42 Å². The molecular formula is C24H14N6O. The predicted octanol–water partition coefficient (Wildman–Crippen LogP) is 5.05. The van der Waals surface area contributed by atoms with Crippen LogP contribution in [0.1, 0.15) is 0 Å². The second-order valence-corrected chi connectivity index (χ2v) is 7.42. The Bertz CT molecular complexity index is 1760. The summed E-state index contributed by atoms with van der Waals surface area (Å²) in [6.45, 7) is 0. The molecule has 0 amide bonds. The highest BCUT2D eigenvalue weighted by Crippen LogP contribution is 2.34. The van der Waals surface area contributed by atoms with Gasteiger partial charge in [0, 0.05) is 10.8 Å². The minimum absolute atomic E-state index is 0.772. The third-order valence-electron chi connectivity index (χ3n) is 5.64. The predicted molar refractivity (Wildman–Crippen MR) is 119 cm³/mol. The fourth-order valence-corrected chi connectivity index (χ4v) is 4.18. The zero-order valence-corrected chi connectivity index (χ0v) is 16.2. The van der Waals surface area contributed by atoms with Crippen molar-refractivity contribution in [1.29, 1.82) is 0 Å². The molecule has 7 heteroatoms. The molecule has 0 spiro atoms. The molecule has 0 fully saturated rings. The number of para-hydroxylation sites is 3. The van der Waals surface area contributed by atoms with E-state index in [2.05, 4.69) is 32.8 Å². The average Bonchev–Trinajstić information content (AvgIpc) is 3.53. The van der Waals surface area contributed by atoms with E-state index in [0.29, 0.717) is 0 Å². The summed E-state index contributed by atoms with van der Waals surface area (Å²) in [5.74, 6) is 0. The Morgan fingerprint density at radius 3 is 2.13 bits per heavy atom. The zero-order valence-electron chi connectivity index (χ0n) is 16.2. The first-order valence-electron chi connectivity index (χ1n) is 9.94. The maximum atomic E-state index is 6.28. The summed E-state index contributed by atoms with van der Waals surface area (Å²) in [6.07, 6.45) is 0. The lowest BCUT2D eigenvalue weighted by atomic mass is 10.1. The average molecular weight is 402 g/mol. The first-order chi connectivity index (χ1) is 15.4. The van der Waals surface area contributed by atoms with E-state index in [1.165, 1.54) is 0 Å². The lowest BCUT2D eigenvalue weighted by Crippen LogP contribution is -1.96. The van der Waals surface area contributed by atoms with Gasteiger partial charge in [-0.2, -0.15) is 0 Å². The third kappa shape index (κ3) is 2.28. The molecule has 0 aliphatic rings. The van der Waals surface area contributed by atoms with Crippen LogP contribution in [-0.2, 0) is 0 Å². The first-order valence-corrected chi connectivity index (χ1v) is 9.94. The van der Waals surface area contributed by atoms with Gasteiger partial charge in [-0.05, 0) is 48.5 Å². The van der Waals surface area contributed by atoms with E-state index in [0.717, 1.165) is 55.4 Å². The van der Waals surface area contributed by atoms with Gasteiger partial charge in [-0.1, -0.05) is 46.8 Å². The van der Waals surface area contributed by atoms with E-state index in [1.54, 1.807) is 0 Å². The summed E-state index contributed by atoms with van der Waals surface area (Å²) in [7, 11) is 0. The SMILES string of the molecule is c1ccc2c(c1)nnn2-c1ccc2oc3c(-n4nnc5ccccc54)cccc3c2c1. The van der Waals surface area contributed by atoms with E-state index in [1.807, 2.05) is 82.2 Å². The Kier molecular flexibility index (Phi) is 3.15. The smallest absolute Gasteiger partial charge is 0.161 e. The van der Waals surface area contributed by atoms with E-state index in [4.69, 9.17) is 4.42 Å². The van der Waals surface area contributed by atoms with Crippen LogP contribution in [0.2, 0.25) is 0 Å². The lowest BCUT2D eigenvalue weighted by Gasteiger charge is -2.03. The summed E-state index contributed by atoms with van der Waals surface area (Å²) < 4.78 is 9.96. The number of hydrogen-bond acceptors (Lipinski definition) is 5.